The van der Waals surface area contributed by atoms with Gasteiger partial charge in [0.25, 0.3) is 0 Å². The fourth-order valence-electron chi connectivity index (χ4n) is 0. The van der Waals surface area contributed by atoms with Crippen LogP contribution in [0.25, 0.3) is 0 Å². The van der Waals surface area contributed by atoms with Crippen molar-refractivity contribution in [3.05, 3.63) is 0 Å². The van der Waals surface area contributed by atoms with E-state index in [0.29, 0.717) is 0 Å². The summed E-state index contributed by atoms with van der Waals surface area (Å²) in [5.41, 5.74) is 0. The normalized spacial score (nSPS) is 3.43. The first-order valence-electron chi connectivity index (χ1n) is 0.612. The minimum atomic E-state index is -2.33. The van der Waals surface area contributed by atoms with Crippen molar-refractivity contribution in [3.63, 3.8) is 0 Å². The molecular weight excluding hydrogens is 110 g/mol. The van der Waals surface area contributed by atoms with E-state index >= 15 is 0 Å². The summed E-state index contributed by atoms with van der Waals surface area (Å²) in [6.07, 6.45) is -2.33. The van der Waals surface area contributed by atoms with Gasteiger partial charge >= 0.3 is 36.2 Å². The number of hydrogen-bond acceptors (Lipinski definition) is 3. The van der Waals surface area contributed by atoms with Crippen molar-refractivity contribution < 1.29 is 39.3 Å². The number of carbonyl (C=O) groups is 1. The zero-order valence-corrected chi connectivity index (χ0v) is 4.96. The summed E-state index contributed by atoms with van der Waals surface area (Å²) in [4.78, 5) is 8.33. The first kappa shape index (κ1) is 26.4. The third kappa shape index (κ3) is 933. The van der Waals surface area contributed by atoms with E-state index in [2.05, 4.69) is 0 Å². The quantitative estimate of drug-likeness (QED) is 0.291. The van der Waals surface area contributed by atoms with E-state index in [1.54, 1.807) is 0 Å². The van der Waals surface area contributed by atoms with Crippen LogP contribution in [0.4, 0.5) is 4.79 Å². The Labute approximate surface area is 63.1 Å². The van der Waals surface area contributed by atoms with Crippen LogP contribution in [0.5, 0.6) is 0 Å². The summed E-state index contributed by atoms with van der Waals surface area (Å²) in [5, 5.41) is 16.7. The Bertz CT molecular complexity index is 34.7. The number of carboxylic acid groups (broad SMARTS) is 2. The third-order valence-corrected chi connectivity index (χ3v) is 0. The standard InChI is InChI=1S/CH2O3.Al.Li.H2O/c2-1(3)4;;;/h(H2,2,3,4);;;1H2/q;+3;+1;/p-2. The van der Waals surface area contributed by atoms with Crippen LogP contribution in [-0.2, 0) is 0 Å². The Morgan fingerprint density at radius 3 is 1.29 bits per heavy atom. The molecule has 0 unspecified atom stereocenters. The molecule has 0 radical (unpaired) electrons. The van der Waals surface area contributed by atoms with Gasteiger partial charge in [-0.3, -0.25) is 0 Å². The minimum Gasteiger partial charge on any atom is -0.652 e. The number of rotatable bonds is 0. The van der Waals surface area contributed by atoms with Crippen LogP contribution in [-0.4, -0.2) is 29.0 Å². The van der Waals surface area contributed by atoms with Crippen LogP contribution in [0.1, 0.15) is 0 Å². The molecule has 6 heteroatoms. The molecule has 0 aliphatic heterocycles. The van der Waals surface area contributed by atoms with Crippen LogP contribution in [0.2, 0.25) is 0 Å². The van der Waals surface area contributed by atoms with Gasteiger partial charge in [0.2, 0.25) is 0 Å². The zero-order chi connectivity index (χ0) is 3.58. The minimum absolute atomic E-state index is 0. The van der Waals surface area contributed by atoms with Gasteiger partial charge in [0.1, 0.15) is 0 Å². The van der Waals surface area contributed by atoms with Gasteiger partial charge in [0, 0.05) is 0 Å². The molecular formula is CH2AlLiO4+2. The van der Waals surface area contributed by atoms with Crippen LogP contribution < -0.4 is 29.1 Å². The SMILES string of the molecule is O.O=C([O-])[O-].[Al+3].[Li+]. The molecule has 0 fully saturated rings. The molecule has 0 aromatic heterocycles. The molecule has 0 aromatic carbocycles. The summed E-state index contributed by atoms with van der Waals surface area (Å²) in [6.45, 7) is 0. The van der Waals surface area contributed by atoms with E-state index in [-0.39, 0.29) is 41.7 Å². The predicted octanol–water partition coefficient (Wildman–Crippen LogP) is -6.65. The first-order chi connectivity index (χ1) is 1.73. The maximum Gasteiger partial charge on any atom is 3.00 e. The van der Waals surface area contributed by atoms with E-state index in [4.69, 9.17) is 15.0 Å². The van der Waals surface area contributed by atoms with E-state index in [0.717, 1.165) is 0 Å². The average molecular weight is 112 g/mol. The molecule has 0 aromatic rings. The molecule has 0 heterocycles. The zero-order valence-electron chi connectivity index (χ0n) is 3.80. The van der Waals surface area contributed by atoms with Crippen molar-refractivity contribution in [2.75, 3.05) is 0 Å². The fourth-order valence-corrected chi connectivity index (χ4v) is 0. The van der Waals surface area contributed by atoms with Crippen LogP contribution in [0, 0.1) is 0 Å². The Hall–Kier alpha value is 0.360. The van der Waals surface area contributed by atoms with E-state index in [1.807, 2.05) is 0 Å². The van der Waals surface area contributed by atoms with Crippen molar-refractivity contribution in [1.29, 1.82) is 0 Å². The second-order valence-electron chi connectivity index (χ2n) is 0.250. The second kappa shape index (κ2) is 16.2. The number of hydrogen-bond donors (Lipinski definition) is 0. The van der Waals surface area contributed by atoms with Gasteiger partial charge in [-0.15, -0.1) is 0 Å². The Balaban J connectivity index is -0.0000000150. The Morgan fingerprint density at radius 1 is 1.29 bits per heavy atom. The van der Waals surface area contributed by atoms with Crippen LogP contribution in [0.15, 0.2) is 0 Å². The molecule has 0 atom stereocenters. The largest absolute Gasteiger partial charge is 3.00 e. The first-order valence-corrected chi connectivity index (χ1v) is 0.612. The van der Waals surface area contributed by atoms with E-state index in [1.165, 1.54) is 0 Å². The fraction of sp³-hybridized carbons (Fsp3) is 0. The predicted molar refractivity (Wildman–Crippen MR) is 14.8 cm³/mol. The molecule has 7 heavy (non-hydrogen) atoms. The molecule has 0 saturated heterocycles. The summed E-state index contributed by atoms with van der Waals surface area (Å²) >= 11 is 0. The third-order valence-electron chi connectivity index (χ3n) is 0. The summed E-state index contributed by atoms with van der Waals surface area (Å²) < 4.78 is 0. The maximum atomic E-state index is 8.33. The summed E-state index contributed by atoms with van der Waals surface area (Å²) in [5.74, 6) is 0. The van der Waals surface area contributed by atoms with E-state index < -0.39 is 6.16 Å². The van der Waals surface area contributed by atoms with Gasteiger partial charge in [0.15, 0.2) is 0 Å². The van der Waals surface area contributed by atoms with Crippen LogP contribution in [0.3, 0.4) is 0 Å². The molecule has 0 bridgehead atoms. The molecule has 2 N–H and O–H groups in total. The topological polar surface area (TPSA) is 94.7 Å². The van der Waals surface area contributed by atoms with Gasteiger partial charge in [-0.2, -0.15) is 0 Å². The Morgan fingerprint density at radius 2 is 1.29 bits per heavy atom. The van der Waals surface area contributed by atoms with Crippen molar-refractivity contribution >= 4 is 23.5 Å². The van der Waals surface area contributed by atoms with Crippen molar-refractivity contribution in [2.45, 2.75) is 0 Å². The Kier molecular flexibility index (Phi) is 61.0. The summed E-state index contributed by atoms with van der Waals surface area (Å²) in [7, 11) is 0. The molecule has 32 valence electrons. The van der Waals surface area contributed by atoms with Crippen molar-refractivity contribution in [3.8, 4) is 0 Å². The van der Waals surface area contributed by atoms with Crippen molar-refractivity contribution in [2.24, 2.45) is 0 Å². The molecule has 4 nitrogen and oxygen atoms in total. The van der Waals surface area contributed by atoms with Crippen LogP contribution >= 0.6 is 0 Å². The summed E-state index contributed by atoms with van der Waals surface area (Å²) in [6, 6.07) is 0. The maximum absolute atomic E-state index is 8.33. The van der Waals surface area contributed by atoms with Gasteiger partial charge in [-0.25, -0.2) is 0 Å². The van der Waals surface area contributed by atoms with Gasteiger partial charge < -0.3 is 20.5 Å². The molecule has 0 rings (SSSR count). The van der Waals surface area contributed by atoms with Crippen molar-refractivity contribution in [1.82, 2.24) is 0 Å². The van der Waals surface area contributed by atoms with E-state index in [9.17, 15) is 0 Å². The smallest absolute Gasteiger partial charge is 0.652 e. The monoisotopic (exact) mass is 112 g/mol. The van der Waals surface area contributed by atoms with Gasteiger partial charge in [-0.05, 0) is 6.16 Å². The van der Waals surface area contributed by atoms with Gasteiger partial charge in [0.05, 0.1) is 0 Å². The molecule has 0 saturated carbocycles. The number of carbonyl (C=O) groups excluding carboxylic acids is 1. The molecule has 0 aliphatic rings. The molecule has 0 aliphatic carbocycles. The second-order valence-corrected chi connectivity index (χ2v) is 0.250. The molecule has 0 spiro atoms. The average Bonchev–Trinajstić information content (AvgIpc) is 0.811. The van der Waals surface area contributed by atoms with Gasteiger partial charge in [-0.1, -0.05) is 0 Å². The molecule has 0 amide bonds.